The normalized spacial score (nSPS) is 12.3. The minimum Gasteiger partial charge on any atom is -0.493 e. The lowest BCUT2D eigenvalue weighted by Crippen LogP contribution is -2.17. The van der Waals surface area contributed by atoms with Crippen LogP contribution in [0, 0.1) is 6.92 Å². The summed E-state index contributed by atoms with van der Waals surface area (Å²) in [5.41, 5.74) is 2.99. The van der Waals surface area contributed by atoms with E-state index in [0.717, 1.165) is 53.3 Å². The first-order chi connectivity index (χ1) is 16.3. The second kappa shape index (κ2) is 9.83. The minimum absolute atomic E-state index is 0.241. The van der Waals surface area contributed by atoms with Crippen molar-refractivity contribution in [3.63, 3.8) is 0 Å². The number of furan rings is 1. The molecule has 0 unspecified atom stereocenters. The Morgan fingerprint density at radius 1 is 1.03 bits per heavy atom. The van der Waals surface area contributed by atoms with Crippen LogP contribution in [0.4, 0.5) is 0 Å². The molecule has 7 nitrogen and oxygen atoms in total. The summed E-state index contributed by atoms with van der Waals surface area (Å²) in [4.78, 5) is 4.13. The minimum atomic E-state index is 0.241. The van der Waals surface area contributed by atoms with Gasteiger partial charge >= 0.3 is 0 Å². The van der Waals surface area contributed by atoms with Gasteiger partial charge in [0, 0.05) is 30.6 Å². The first-order valence-corrected chi connectivity index (χ1v) is 11.0. The summed E-state index contributed by atoms with van der Waals surface area (Å²) in [7, 11) is 0. The van der Waals surface area contributed by atoms with Crippen molar-refractivity contribution < 1.29 is 23.4 Å². The lowest BCUT2D eigenvalue weighted by Gasteiger charge is -2.09. The molecule has 0 spiro atoms. The SMILES string of the molecule is Cc1c(COc2ccc3c(c2)OCO3)oc2cccc(OCCCNCc3cccnc3)c12. The molecule has 7 heteroatoms. The number of hydrogen-bond acceptors (Lipinski definition) is 7. The molecule has 0 fully saturated rings. The van der Waals surface area contributed by atoms with Gasteiger partial charge in [-0.25, -0.2) is 0 Å². The third-order valence-electron chi connectivity index (χ3n) is 5.54. The Hall–Kier alpha value is -3.71. The van der Waals surface area contributed by atoms with Crippen LogP contribution in [0.5, 0.6) is 23.0 Å². The lowest BCUT2D eigenvalue weighted by molar-refractivity contribution is 0.173. The van der Waals surface area contributed by atoms with Crippen LogP contribution < -0.4 is 24.3 Å². The predicted molar refractivity (Wildman–Crippen MR) is 124 cm³/mol. The zero-order chi connectivity index (χ0) is 22.5. The van der Waals surface area contributed by atoms with Gasteiger partial charge in [0.2, 0.25) is 6.79 Å². The lowest BCUT2D eigenvalue weighted by atomic mass is 10.1. The van der Waals surface area contributed by atoms with Crippen molar-refractivity contribution in [3.8, 4) is 23.0 Å². The molecule has 1 aliphatic rings. The van der Waals surface area contributed by atoms with Gasteiger partial charge in [-0.1, -0.05) is 12.1 Å². The largest absolute Gasteiger partial charge is 0.493 e. The van der Waals surface area contributed by atoms with Crippen LogP contribution in [-0.2, 0) is 13.2 Å². The fourth-order valence-electron chi connectivity index (χ4n) is 3.80. The molecule has 0 saturated carbocycles. The number of nitrogens with zero attached hydrogens (tertiary/aromatic N) is 1. The molecule has 0 bridgehead atoms. The summed E-state index contributed by atoms with van der Waals surface area (Å²) in [5, 5.41) is 4.41. The second-order valence-electron chi connectivity index (χ2n) is 7.82. The van der Waals surface area contributed by atoms with E-state index in [4.69, 9.17) is 23.4 Å². The van der Waals surface area contributed by atoms with Crippen molar-refractivity contribution in [2.24, 2.45) is 0 Å². The molecule has 0 atom stereocenters. The van der Waals surface area contributed by atoms with Crippen LogP contribution >= 0.6 is 0 Å². The third kappa shape index (κ3) is 4.88. The number of aromatic nitrogens is 1. The summed E-state index contributed by atoms with van der Waals surface area (Å²) in [5.74, 6) is 3.73. The number of aryl methyl sites for hydroxylation is 1. The molecule has 0 aliphatic carbocycles. The van der Waals surface area contributed by atoms with Crippen molar-refractivity contribution in [2.45, 2.75) is 26.5 Å². The molecule has 2 aromatic carbocycles. The van der Waals surface area contributed by atoms with E-state index in [1.165, 1.54) is 5.56 Å². The molecule has 5 rings (SSSR count). The van der Waals surface area contributed by atoms with Crippen LogP contribution in [0.3, 0.4) is 0 Å². The summed E-state index contributed by atoms with van der Waals surface area (Å²) >= 11 is 0. The zero-order valence-electron chi connectivity index (χ0n) is 18.5. The Kier molecular flexibility index (Phi) is 6.30. The van der Waals surface area contributed by atoms with Gasteiger partial charge in [0.1, 0.15) is 29.4 Å². The van der Waals surface area contributed by atoms with Crippen molar-refractivity contribution in [1.29, 1.82) is 0 Å². The molecule has 2 aromatic heterocycles. The van der Waals surface area contributed by atoms with Gasteiger partial charge in [0.15, 0.2) is 11.5 Å². The van der Waals surface area contributed by atoms with Crippen molar-refractivity contribution >= 4 is 11.0 Å². The molecule has 1 aliphatic heterocycles. The molecular formula is C26H26N2O5. The van der Waals surface area contributed by atoms with Crippen molar-refractivity contribution in [1.82, 2.24) is 10.3 Å². The summed E-state index contributed by atoms with van der Waals surface area (Å²) in [6.07, 6.45) is 4.55. The molecule has 0 saturated heterocycles. The zero-order valence-corrected chi connectivity index (χ0v) is 18.5. The number of benzene rings is 2. The van der Waals surface area contributed by atoms with Crippen LogP contribution in [0.1, 0.15) is 23.3 Å². The highest BCUT2D eigenvalue weighted by molar-refractivity contribution is 5.88. The second-order valence-corrected chi connectivity index (χ2v) is 7.82. The number of hydrogen-bond donors (Lipinski definition) is 1. The van der Waals surface area contributed by atoms with Gasteiger partial charge in [0.25, 0.3) is 0 Å². The van der Waals surface area contributed by atoms with Crippen LogP contribution in [0.25, 0.3) is 11.0 Å². The standard InChI is InChI=1S/C26H26N2O5/c1-18-25(16-30-20-8-9-21-24(13-20)32-17-31-21)33-23-7-2-6-22(26(18)23)29-12-4-11-28-15-19-5-3-10-27-14-19/h2-3,5-10,13-14,28H,4,11-12,15-17H2,1H3. The van der Waals surface area contributed by atoms with Gasteiger partial charge in [-0.05, 0) is 55.8 Å². The van der Waals surface area contributed by atoms with Crippen molar-refractivity contribution in [2.75, 3.05) is 19.9 Å². The predicted octanol–water partition coefficient (Wildman–Crippen LogP) is 5.00. The molecule has 1 N–H and O–H groups in total. The molecule has 3 heterocycles. The van der Waals surface area contributed by atoms with Gasteiger partial charge < -0.3 is 28.7 Å². The topological polar surface area (TPSA) is 75.0 Å². The smallest absolute Gasteiger partial charge is 0.231 e. The van der Waals surface area contributed by atoms with Gasteiger partial charge in [0.05, 0.1) is 12.0 Å². The Bertz CT molecular complexity index is 1220. The van der Waals surface area contributed by atoms with Gasteiger partial charge in [-0.3, -0.25) is 4.98 Å². The van der Waals surface area contributed by atoms with E-state index in [9.17, 15) is 0 Å². The number of ether oxygens (including phenoxy) is 4. The summed E-state index contributed by atoms with van der Waals surface area (Å²) in [6, 6.07) is 15.4. The molecule has 170 valence electrons. The third-order valence-corrected chi connectivity index (χ3v) is 5.54. The maximum Gasteiger partial charge on any atom is 0.231 e. The van der Waals surface area contributed by atoms with E-state index < -0.39 is 0 Å². The molecule has 0 radical (unpaired) electrons. The fourth-order valence-corrected chi connectivity index (χ4v) is 3.80. The molecule has 0 amide bonds. The number of pyridine rings is 1. The monoisotopic (exact) mass is 446 g/mol. The Morgan fingerprint density at radius 3 is 2.88 bits per heavy atom. The molecular weight excluding hydrogens is 420 g/mol. The van der Waals surface area contributed by atoms with E-state index in [-0.39, 0.29) is 6.79 Å². The molecule has 33 heavy (non-hydrogen) atoms. The quantitative estimate of drug-likeness (QED) is 0.344. The van der Waals surface area contributed by atoms with Crippen LogP contribution in [-0.4, -0.2) is 24.9 Å². The number of fused-ring (bicyclic) bond motifs is 2. The van der Waals surface area contributed by atoms with E-state index in [0.29, 0.717) is 24.7 Å². The highest BCUT2D eigenvalue weighted by atomic mass is 16.7. The Morgan fingerprint density at radius 2 is 1.97 bits per heavy atom. The molecule has 4 aromatic rings. The Labute approximate surface area is 192 Å². The average Bonchev–Trinajstić information content (AvgIpc) is 3.44. The Balaban J connectivity index is 1.17. The average molecular weight is 447 g/mol. The van der Waals surface area contributed by atoms with Gasteiger partial charge in [-0.2, -0.15) is 0 Å². The highest BCUT2D eigenvalue weighted by Crippen LogP contribution is 2.36. The van der Waals surface area contributed by atoms with E-state index in [1.807, 2.05) is 55.6 Å². The maximum atomic E-state index is 6.10. The van der Waals surface area contributed by atoms with Crippen LogP contribution in [0.15, 0.2) is 65.3 Å². The van der Waals surface area contributed by atoms with E-state index >= 15 is 0 Å². The van der Waals surface area contributed by atoms with Crippen LogP contribution in [0.2, 0.25) is 0 Å². The van der Waals surface area contributed by atoms with Crippen molar-refractivity contribution in [3.05, 3.63) is 77.8 Å². The number of nitrogens with one attached hydrogen (secondary N) is 1. The first kappa shape index (κ1) is 21.2. The number of rotatable bonds is 10. The maximum absolute atomic E-state index is 6.10. The highest BCUT2D eigenvalue weighted by Gasteiger charge is 2.17. The summed E-state index contributed by atoms with van der Waals surface area (Å²) in [6.45, 7) is 4.88. The van der Waals surface area contributed by atoms with Gasteiger partial charge in [-0.15, -0.1) is 0 Å². The summed E-state index contributed by atoms with van der Waals surface area (Å²) < 4.78 is 28.9. The van der Waals surface area contributed by atoms with E-state index in [1.54, 1.807) is 6.20 Å². The first-order valence-electron chi connectivity index (χ1n) is 11.0. The van der Waals surface area contributed by atoms with E-state index in [2.05, 4.69) is 16.4 Å². The fraction of sp³-hybridized carbons (Fsp3) is 0.269.